The van der Waals surface area contributed by atoms with Gasteiger partial charge in [-0.1, -0.05) is 0 Å². The predicted octanol–water partition coefficient (Wildman–Crippen LogP) is 1.53. The normalized spacial score (nSPS) is 12.0. The van der Waals surface area contributed by atoms with Gasteiger partial charge in [0.15, 0.2) is 0 Å². The van der Waals surface area contributed by atoms with Gasteiger partial charge in [-0.05, 0) is 25.0 Å². The van der Waals surface area contributed by atoms with E-state index in [4.69, 9.17) is 15.2 Å². The number of rotatable bonds is 7. The van der Waals surface area contributed by atoms with Crippen molar-refractivity contribution in [1.82, 2.24) is 0 Å². The summed E-state index contributed by atoms with van der Waals surface area (Å²) >= 11 is 0. The summed E-state index contributed by atoms with van der Waals surface area (Å²) in [6, 6.07) is 3.25. The Hall–Kier alpha value is -1.66. The van der Waals surface area contributed by atoms with Crippen molar-refractivity contribution in [3.05, 3.63) is 24.0 Å². The molecular formula is C13H19FN2O3. The highest BCUT2D eigenvalue weighted by Gasteiger charge is 2.15. The summed E-state index contributed by atoms with van der Waals surface area (Å²) in [5, 5.41) is 2.62. The molecule has 3 N–H and O–H groups in total. The van der Waals surface area contributed by atoms with E-state index in [1.165, 1.54) is 25.3 Å². The molecule has 106 valence electrons. The molecule has 0 radical (unpaired) electrons. The average molecular weight is 270 g/mol. The summed E-state index contributed by atoms with van der Waals surface area (Å²) in [5.41, 5.74) is 6.14. The van der Waals surface area contributed by atoms with E-state index in [-0.39, 0.29) is 11.7 Å². The van der Waals surface area contributed by atoms with Gasteiger partial charge in [-0.15, -0.1) is 0 Å². The van der Waals surface area contributed by atoms with Gasteiger partial charge < -0.3 is 20.5 Å². The second-order valence-corrected chi connectivity index (χ2v) is 4.08. The van der Waals surface area contributed by atoms with Crippen LogP contribution in [0.4, 0.5) is 10.1 Å². The molecule has 1 atom stereocenters. The Morgan fingerprint density at radius 1 is 1.47 bits per heavy atom. The molecule has 0 bridgehead atoms. The van der Waals surface area contributed by atoms with Gasteiger partial charge in [0.1, 0.15) is 11.6 Å². The van der Waals surface area contributed by atoms with Crippen LogP contribution < -0.4 is 15.8 Å². The molecule has 6 heteroatoms. The quantitative estimate of drug-likeness (QED) is 0.737. The number of benzene rings is 1. The van der Waals surface area contributed by atoms with Gasteiger partial charge in [0.25, 0.3) is 0 Å². The monoisotopic (exact) mass is 270 g/mol. The molecule has 1 aromatic rings. The number of anilines is 1. The Morgan fingerprint density at radius 2 is 2.21 bits per heavy atom. The minimum absolute atomic E-state index is 0.262. The van der Waals surface area contributed by atoms with Gasteiger partial charge >= 0.3 is 0 Å². The Balaban J connectivity index is 2.61. The maximum Gasteiger partial charge on any atom is 0.241 e. The van der Waals surface area contributed by atoms with Gasteiger partial charge in [-0.25, -0.2) is 4.39 Å². The van der Waals surface area contributed by atoms with E-state index in [1.54, 1.807) is 7.11 Å². The number of methoxy groups -OCH3 is 2. The lowest BCUT2D eigenvalue weighted by molar-refractivity contribution is -0.117. The lowest BCUT2D eigenvalue weighted by Gasteiger charge is -2.14. The highest BCUT2D eigenvalue weighted by molar-refractivity contribution is 5.95. The van der Waals surface area contributed by atoms with Crippen molar-refractivity contribution in [2.75, 3.05) is 26.1 Å². The number of halogens is 1. The standard InChI is InChI=1S/C13H19FN2O3/c1-18-7-3-4-10(15)13(17)16-11-6-5-9(14)8-12(11)19-2/h5-6,8,10H,3-4,7,15H2,1-2H3,(H,16,17). The molecule has 0 saturated carbocycles. The van der Waals surface area contributed by atoms with Crippen LogP contribution in [0.3, 0.4) is 0 Å². The first-order valence-electron chi connectivity index (χ1n) is 5.97. The fourth-order valence-corrected chi connectivity index (χ4v) is 1.57. The topological polar surface area (TPSA) is 73.6 Å². The van der Waals surface area contributed by atoms with Crippen LogP contribution in [-0.4, -0.2) is 32.8 Å². The van der Waals surface area contributed by atoms with Crippen LogP contribution in [0.15, 0.2) is 18.2 Å². The zero-order valence-corrected chi connectivity index (χ0v) is 11.1. The number of nitrogens with one attached hydrogen (secondary N) is 1. The number of carbonyl (C=O) groups is 1. The summed E-state index contributed by atoms with van der Waals surface area (Å²) in [6.45, 7) is 0.556. The van der Waals surface area contributed by atoms with E-state index in [1.807, 2.05) is 0 Å². The van der Waals surface area contributed by atoms with Crippen LogP contribution in [0.1, 0.15) is 12.8 Å². The zero-order chi connectivity index (χ0) is 14.3. The van der Waals surface area contributed by atoms with Crippen molar-refractivity contribution in [3.63, 3.8) is 0 Å². The van der Waals surface area contributed by atoms with E-state index >= 15 is 0 Å². The Kier molecular flexibility index (Phi) is 6.24. The molecule has 1 unspecified atom stereocenters. The van der Waals surface area contributed by atoms with Gasteiger partial charge in [-0.3, -0.25) is 4.79 Å². The molecule has 0 spiro atoms. The predicted molar refractivity (Wildman–Crippen MR) is 70.7 cm³/mol. The van der Waals surface area contributed by atoms with Crippen LogP contribution in [-0.2, 0) is 9.53 Å². The molecule has 0 aliphatic heterocycles. The van der Waals surface area contributed by atoms with E-state index in [2.05, 4.69) is 5.32 Å². The highest BCUT2D eigenvalue weighted by atomic mass is 19.1. The number of hydrogen-bond acceptors (Lipinski definition) is 4. The molecule has 1 aromatic carbocycles. The summed E-state index contributed by atoms with van der Waals surface area (Å²) < 4.78 is 22.9. The third-order valence-corrected chi connectivity index (χ3v) is 2.62. The first kappa shape index (κ1) is 15.4. The summed E-state index contributed by atoms with van der Waals surface area (Å²) in [6.07, 6.45) is 1.22. The van der Waals surface area contributed by atoms with Crippen LogP contribution in [0.2, 0.25) is 0 Å². The molecule has 1 rings (SSSR count). The maximum absolute atomic E-state index is 13.0. The second-order valence-electron chi connectivity index (χ2n) is 4.08. The van der Waals surface area contributed by atoms with Gasteiger partial charge in [0.05, 0.1) is 18.8 Å². The Bertz CT molecular complexity index is 426. The number of nitrogens with two attached hydrogens (primary N) is 1. The third kappa shape index (κ3) is 4.84. The van der Waals surface area contributed by atoms with Gasteiger partial charge in [0.2, 0.25) is 5.91 Å². The summed E-state index contributed by atoms with van der Waals surface area (Å²) in [7, 11) is 3.00. The van der Waals surface area contributed by atoms with Gasteiger partial charge in [-0.2, -0.15) is 0 Å². The zero-order valence-electron chi connectivity index (χ0n) is 11.1. The molecule has 5 nitrogen and oxygen atoms in total. The van der Waals surface area contributed by atoms with Crippen LogP contribution in [0.25, 0.3) is 0 Å². The largest absolute Gasteiger partial charge is 0.494 e. The van der Waals surface area contributed by atoms with Crippen LogP contribution in [0.5, 0.6) is 5.75 Å². The molecule has 0 saturated heterocycles. The highest BCUT2D eigenvalue weighted by Crippen LogP contribution is 2.25. The SMILES string of the molecule is COCCCC(N)C(=O)Nc1ccc(F)cc1OC. The minimum Gasteiger partial charge on any atom is -0.494 e. The van der Waals surface area contributed by atoms with Crippen molar-refractivity contribution in [1.29, 1.82) is 0 Å². The fraction of sp³-hybridized carbons (Fsp3) is 0.462. The number of hydrogen-bond donors (Lipinski definition) is 2. The lowest BCUT2D eigenvalue weighted by Crippen LogP contribution is -2.35. The first-order chi connectivity index (χ1) is 9.08. The minimum atomic E-state index is -0.634. The lowest BCUT2D eigenvalue weighted by atomic mass is 10.1. The first-order valence-corrected chi connectivity index (χ1v) is 5.97. The second kappa shape index (κ2) is 7.70. The Morgan fingerprint density at radius 3 is 2.84 bits per heavy atom. The molecule has 19 heavy (non-hydrogen) atoms. The average Bonchev–Trinajstić information content (AvgIpc) is 2.40. The number of amides is 1. The number of ether oxygens (including phenoxy) is 2. The molecule has 1 amide bonds. The molecule has 0 heterocycles. The van der Waals surface area contributed by atoms with Crippen molar-refractivity contribution in [2.45, 2.75) is 18.9 Å². The summed E-state index contributed by atoms with van der Waals surface area (Å²) in [4.78, 5) is 11.8. The molecule has 0 aromatic heterocycles. The fourth-order valence-electron chi connectivity index (χ4n) is 1.57. The van der Waals surface area contributed by atoms with E-state index in [0.29, 0.717) is 25.1 Å². The van der Waals surface area contributed by atoms with E-state index in [9.17, 15) is 9.18 Å². The van der Waals surface area contributed by atoms with Crippen LogP contribution in [0, 0.1) is 5.82 Å². The number of carbonyl (C=O) groups excluding carboxylic acids is 1. The van der Waals surface area contributed by atoms with E-state index < -0.39 is 11.9 Å². The molecule has 0 aliphatic carbocycles. The molecular weight excluding hydrogens is 251 g/mol. The van der Waals surface area contributed by atoms with Crippen molar-refractivity contribution in [2.24, 2.45) is 5.73 Å². The van der Waals surface area contributed by atoms with Crippen LogP contribution >= 0.6 is 0 Å². The van der Waals surface area contributed by atoms with E-state index in [0.717, 1.165) is 0 Å². The van der Waals surface area contributed by atoms with Gasteiger partial charge in [0, 0.05) is 19.8 Å². The molecule has 0 fully saturated rings. The molecule has 0 aliphatic rings. The van der Waals surface area contributed by atoms with Crippen molar-refractivity contribution < 1.29 is 18.7 Å². The Labute approximate surface area is 111 Å². The third-order valence-electron chi connectivity index (χ3n) is 2.62. The smallest absolute Gasteiger partial charge is 0.241 e. The summed E-state index contributed by atoms with van der Waals surface area (Å²) in [5.74, 6) is -0.502. The van der Waals surface area contributed by atoms with Crippen molar-refractivity contribution >= 4 is 11.6 Å². The van der Waals surface area contributed by atoms with Crippen molar-refractivity contribution in [3.8, 4) is 5.75 Å². The maximum atomic E-state index is 13.0.